The SMILES string of the molecule is COC(=O)[C@@]1(CC(C)C)C[C@@]1(Br)C(=O)OC. The van der Waals surface area contributed by atoms with Crippen molar-refractivity contribution in [2.75, 3.05) is 14.2 Å². The topological polar surface area (TPSA) is 52.6 Å². The van der Waals surface area contributed by atoms with E-state index in [2.05, 4.69) is 15.9 Å². The van der Waals surface area contributed by atoms with Crippen LogP contribution in [0.3, 0.4) is 0 Å². The van der Waals surface area contributed by atoms with Gasteiger partial charge in [-0.05, 0) is 18.8 Å². The van der Waals surface area contributed by atoms with Crippen molar-refractivity contribution in [2.45, 2.75) is 31.0 Å². The molecule has 1 rings (SSSR count). The van der Waals surface area contributed by atoms with Crippen molar-refractivity contribution in [3.8, 4) is 0 Å². The van der Waals surface area contributed by atoms with Gasteiger partial charge < -0.3 is 9.47 Å². The molecule has 0 aliphatic heterocycles. The second-order valence-electron chi connectivity index (χ2n) is 4.64. The number of rotatable bonds is 4. The summed E-state index contributed by atoms with van der Waals surface area (Å²) in [5.74, 6) is -0.440. The van der Waals surface area contributed by atoms with Crippen LogP contribution in [0.25, 0.3) is 0 Å². The number of hydrogen-bond acceptors (Lipinski definition) is 4. The Morgan fingerprint density at radius 2 is 1.75 bits per heavy atom. The van der Waals surface area contributed by atoms with Crippen LogP contribution >= 0.6 is 15.9 Å². The highest BCUT2D eigenvalue weighted by Gasteiger charge is 2.76. The number of hydrogen-bond donors (Lipinski definition) is 0. The average molecular weight is 293 g/mol. The third-order valence-corrected chi connectivity index (χ3v) is 4.38. The molecule has 1 fully saturated rings. The minimum absolute atomic E-state index is 0.309. The molecule has 0 N–H and O–H groups in total. The molecule has 0 spiro atoms. The van der Waals surface area contributed by atoms with Gasteiger partial charge in [0.2, 0.25) is 0 Å². The van der Waals surface area contributed by atoms with Crippen molar-refractivity contribution in [1.82, 2.24) is 0 Å². The first-order chi connectivity index (χ1) is 7.34. The molecule has 5 heteroatoms. The molecule has 0 heterocycles. The number of carbonyl (C=O) groups excluding carboxylic acids is 2. The molecule has 0 bridgehead atoms. The number of carbonyl (C=O) groups is 2. The van der Waals surface area contributed by atoms with Crippen molar-refractivity contribution < 1.29 is 19.1 Å². The van der Waals surface area contributed by atoms with Gasteiger partial charge in [0.1, 0.15) is 4.32 Å². The summed E-state index contributed by atoms with van der Waals surface area (Å²) in [6.45, 7) is 4.02. The van der Waals surface area contributed by atoms with E-state index in [9.17, 15) is 9.59 Å². The lowest BCUT2D eigenvalue weighted by Gasteiger charge is -2.19. The summed E-state index contributed by atoms with van der Waals surface area (Å²) in [4.78, 5) is 23.4. The second-order valence-corrected chi connectivity index (χ2v) is 5.99. The molecule has 2 atom stereocenters. The fourth-order valence-corrected chi connectivity index (χ4v) is 3.21. The van der Waals surface area contributed by atoms with Crippen molar-refractivity contribution in [3.63, 3.8) is 0 Å². The smallest absolute Gasteiger partial charge is 0.323 e. The first-order valence-electron chi connectivity index (χ1n) is 5.20. The van der Waals surface area contributed by atoms with Gasteiger partial charge in [0.05, 0.1) is 19.6 Å². The van der Waals surface area contributed by atoms with Crippen molar-refractivity contribution in [1.29, 1.82) is 0 Å². The summed E-state index contributed by atoms with van der Waals surface area (Å²) in [5.41, 5.74) is -0.761. The summed E-state index contributed by atoms with van der Waals surface area (Å²) in [7, 11) is 2.66. The molecule has 16 heavy (non-hydrogen) atoms. The average Bonchev–Trinajstić information content (AvgIpc) is 2.83. The fourth-order valence-electron chi connectivity index (χ4n) is 2.24. The number of alkyl halides is 1. The summed E-state index contributed by atoms with van der Waals surface area (Å²) in [6.07, 6.45) is 1.05. The molecule has 1 saturated carbocycles. The second kappa shape index (κ2) is 4.35. The standard InChI is InChI=1S/C11H17BrO4/c1-7(2)5-10(8(13)15-3)6-11(10,12)9(14)16-4/h7H,5-6H2,1-4H3/t10-,11-/m1/s1. The molecule has 0 radical (unpaired) electrons. The third-order valence-electron chi connectivity index (χ3n) is 3.02. The zero-order valence-electron chi connectivity index (χ0n) is 10.0. The van der Waals surface area contributed by atoms with E-state index in [4.69, 9.17) is 9.47 Å². The zero-order chi connectivity index (χ0) is 12.6. The third kappa shape index (κ3) is 1.85. The Morgan fingerprint density at radius 1 is 1.25 bits per heavy atom. The number of esters is 2. The Hall–Kier alpha value is -0.580. The molecular weight excluding hydrogens is 276 g/mol. The predicted octanol–water partition coefficient (Wildman–Crippen LogP) is 1.90. The van der Waals surface area contributed by atoms with Crippen LogP contribution in [0.5, 0.6) is 0 Å². The van der Waals surface area contributed by atoms with Crippen LogP contribution in [-0.4, -0.2) is 30.5 Å². The molecule has 0 aromatic rings. The maximum absolute atomic E-state index is 11.8. The van der Waals surface area contributed by atoms with E-state index in [1.54, 1.807) is 0 Å². The largest absolute Gasteiger partial charge is 0.469 e. The van der Waals surface area contributed by atoms with Crippen LogP contribution < -0.4 is 0 Å². The maximum atomic E-state index is 11.8. The minimum atomic E-state index is -0.897. The van der Waals surface area contributed by atoms with Gasteiger partial charge in [0.25, 0.3) is 0 Å². The molecule has 1 aliphatic rings. The number of ether oxygens (including phenoxy) is 2. The van der Waals surface area contributed by atoms with Gasteiger partial charge in [-0.1, -0.05) is 29.8 Å². The Balaban J connectivity index is 2.95. The zero-order valence-corrected chi connectivity index (χ0v) is 11.6. The molecular formula is C11H17BrO4. The maximum Gasteiger partial charge on any atom is 0.323 e. The van der Waals surface area contributed by atoms with Gasteiger partial charge in [0.15, 0.2) is 0 Å². The van der Waals surface area contributed by atoms with E-state index in [-0.39, 0.29) is 5.97 Å². The van der Waals surface area contributed by atoms with Crippen molar-refractivity contribution in [3.05, 3.63) is 0 Å². The molecule has 0 aromatic carbocycles. The van der Waals surface area contributed by atoms with E-state index < -0.39 is 15.7 Å². The van der Waals surface area contributed by atoms with Crippen LogP contribution in [0.1, 0.15) is 26.7 Å². The number of halogens is 1. The van der Waals surface area contributed by atoms with Crippen LogP contribution in [0.2, 0.25) is 0 Å². The minimum Gasteiger partial charge on any atom is -0.469 e. The highest BCUT2D eigenvalue weighted by atomic mass is 79.9. The number of methoxy groups -OCH3 is 2. The molecule has 0 amide bonds. The lowest BCUT2D eigenvalue weighted by Crippen LogP contribution is -2.33. The van der Waals surface area contributed by atoms with Gasteiger partial charge in [-0.3, -0.25) is 9.59 Å². The van der Waals surface area contributed by atoms with E-state index in [0.29, 0.717) is 18.8 Å². The lowest BCUT2D eigenvalue weighted by molar-refractivity contribution is -0.152. The lowest BCUT2D eigenvalue weighted by atomic mass is 9.92. The highest BCUT2D eigenvalue weighted by molar-refractivity contribution is 9.10. The first-order valence-corrected chi connectivity index (χ1v) is 5.99. The summed E-state index contributed by atoms with van der Waals surface area (Å²) in [6, 6.07) is 0. The summed E-state index contributed by atoms with van der Waals surface area (Å²) < 4.78 is 8.61. The summed E-state index contributed by atoms with van der Waals surface area (Å²) in [5, 5.41) is 0. The van der Waals surface area contributed by atoms with Crippen molar-refractivity contribution in [2.24, 2.45) is 11.3 Å². The van der Waals surface area contributed by atoms with E-state index in [1.165, 1.54) is 14.2 Å². The molecule has 0 saturated heterocycles. The molecule has 0 unspecified atom stereocenters. The quantitative estimate of drug-likeness (QED) is 0.587. The first kappa shape index (κ1) is 13.5. The normalized spacial score (nSPS) is 32.4. The van der Waals surface area contributed by atoms with Gasteiger partial charge in [-0.2, -0.15) is 0 Å². The molecule has 92 valence electrons. The molecule has 0 aromatic heterocycles. The van der Waals surface area contributed by atoms with Gasteiger partial charge in [-0.25, -0.2) is 0 Å². The van der Waals surface area contributed by atoms with Crippen LogP contribution in [0, 0.1) is 11.3 Å². The van der Waals surface area contributed by atoms with Crippen LogP contribution in [-0.2, 0) is 19.1 Å². The fraction of sp³-hybridized carbons (Fsp3) is 0.818. The Morgan fingerprint density at radius 3 is 2.12 bits per heavy atom. The molecule has 1 aliphatic carbocycles. The van der Waals surface area contributed by atoms with Gasteiger partial charge in [0, 0.05) is 0 Å². The van der Waals surface area contributed by atoms with Crippen LogP contribution in [0.15, 0.2) is 0 Å². The Kier molecular flexibility index (Phi) is 3.67. The van der Waals surface area contributed by atoms with Crippen LogP contribution in [0.4, 0.5) is 0 Å². The Bertz CT molecular complexity index is 315. The monoisotopic (exact) mass is 292 g/mol. The Labute approximate surface area is 104 Å². The predicted molar refractivity (Wildman–Crippen MR) is 62.2 cm³/mol. The van der Waals surface area contributed by atoms with Crippen molar-refractivity contribution >= 4 is 27.9 Å². The van der Waals surface area contributed by atoms with E-state index in [0.717, 1.165) is 0 Å². The van der Waals surface area contributed by atoms with Gasteiger partial charge in [-0.15, -0.1) is 0 Å². The molecule has 4 nitrogen and oxygen atoms in total. The summed E-state index contributed by atoms with van der Waals surface area (Å²) >= 11 is 3.33. The van der Waals surface area contributed by atoms with E-state index >= 15 is 0 Å². The van der Waals surface area contributed by atoms with Gasteiger partial charge >= 0.3 is 11.9 Å². The van der Waals surface area contributed by atoms with E-state index in [1.807, 2.05) is 13.8 Å². The highest BCUT2D eigenvalue weighted by Crippen LogP contribution is 2.66.